The summed E-state index contributed by atoms with van der Waals surface area (Å²) < 4.78 is 25.9. The van der Waals surface area contributed by atoms with Crippen LogP contribution < -0.4 is 5.32 Å². The summed E-state index contributed by atoms with van der Waals surface area (Å²) in [4.78, 5) is 23.5. The monoisotopic (exact) mass is 335 g/mol. The van der Waals surface area contributed by atoms with Crippen LogP contribution in [0.15, 0.2) is 48.6 Å². The van der Waals surface area contributed by atoms with Gasteiger partial charge >= 0.3 is 0 Å². The quantitative estimate of drug-likeness (QED) is 0.668. The maximum atomic E-state index is 13.1. The van der Waals surface area contributed by atoms with E-state index in [1.807, 2.05) is 6.92 Å². The van der Waals surface area contributed by atoms with Crippen molar-refractivity contribution < 1.29 is 18.4 Å². The van der Waals surface area contributed by atoms with E-state index in [2.05, 4.69) is 5.32 Å². The molecule has 0 aliphatic heterocycles. The number of hydrogen-bond donors (Lipinski definition) is 1. The number of anilines is 1. The molecule has 118 valence electrons. The summed E-state index contributed by atoms with van der Waals surface area (Å²) in [6.45, 7) is 1.83. The predicted octanol–water partition coefficient (Wildman–Crippen LogP) is 4.30. The lowest BCUT2D eigenvalue weighted by atomic mass is 10.1. The third-order valence-electron chi connectivity index (χ3n) is 3.03. The topological polar surface area (TPSA) is 46.2 Å². The number of ketones is 1. The molecule has 1 amide bonds. The summed E-state index contributed by atoms with van der Waals surface area (Å²) in [5.41, 5.74) is 1.30. The molecule has 1 N–H and O–H groups in total. The lowest BCUT2D eigenvalue weighted by Gasteiger charge is -2.04. The fourth-order valence-corrected chi connectivity index (χ4v) is 1.93. The zero-order valence-electron chi connectivity index (χ0n) is 12.1. The maximum Gasteiger partial charge on any atom is 0.248 e. The Morgan fingerprint density at radius 1 is 1.04 bits per heavy atom. The highest BCUT2D eigenvalue weighted by Crippen LogP contribution is 2.19. The van der Waals surface area contributed by atoms with Crippen LogP contribution in [-0.2, 0) is 4.79 Å². The third-order valence-corrected chi connectivity index (χ3v) is 3.44. The van der Waals surface area contributed by atoms with Gasteiger partial charge in [-0.2, -0.15) is 0 Å². The number of benzene rings is 2. The van der Waals surface area contributed by atoms with Crippen molar-refractivity contribution in [3.63, 3.8) is 0 Å². The summed E-state index contributed by atoms with van der Waals surface area (Å²) in [5.74, 6) is -3.32. The van der Waals surface area contributed by atoms with Crippen LogP contribution in [0.2, 0.25) is 5.02 Å². The van der Waals surface area contributed by atoms with Gasteiger partial charge in [-0.05, 0) is 48.9 Å². The van der Waals surface area contributed by atoms with E-state index in [0.29, 0.717) is 10.7 Å². The van der Waals surface area contributed by atoms with Crippen LogP contribution in [0.5, 0.6) is 0 Å². The van der Waals surface area contributed by atoms with Gasteiger partial charge in [-0.15, -0.1) is 0 Å². The van der Waals surface area contributed by atoms with Crippen molar-refractivity contribution in [3.8, 4) is 0 Å². The molecule has 2 aromatic rings. The van der Waals surface area contributed by atoms with Gasteiger partial charge in [0.2, 0.25) is 5.91 Å². The first-order valence-corrected chi connectivity index (χ1v) is 6.99. The average molecular weight is 336 g/mol. The van der Waals surface area contributed by atoms with Gasteiger partial charge in [0.25, 0.3) is 0 Å². The first-order valence-electron chi connectivity index (χ1n) is 6.61. The van der Waals surface area contributed by atoms with E-state index in [0.717, 1.165) is 35.9 Å². The molecule has 0 aliphatic rings. The standard InChI is InChI=1S/C17H12ClF2NO2/c1-10-2-4-12(9-13(10)18)21-17(23)7-6-16(22)11-3-5-14(19)15(20)8-11/h2-9H,1H3,(H,21,23)/b7-6+. The largest absolute Gasteiger partial charge is 0.322 e. The zero-order chi connectivity index (χ0) is 17.0. The van der Waals surface area contributed by atoms with Gasteiger partial charge in [0, 0.05) is 22.3 Å². The first kappa shape index (κ1) is 16.8. The molecular formula is C17H12ClF2NO2. The van der Waals surface area contributed by atoms with Crippen molar-refractivity contribution in [2.24, 2.45) is 0 Å². The number of allylic oxidation sites excluding steroid dienone is 1. The first-order chi connectivity index (χ1) is 10.9. The van der Waals surface area contributed by atoms with Crippen LogP contribution >= 0.6 is 11.6 Å². The third kappa shape index (κ3) is 4.47. The Morgan fingerprint density at radius 2 is 1.78 bits per heavy atom. The van der Waals surface area contributed by atoms with E-state index in [9.17, 15) is 18.4 Å². The van der Waals surface area contributed by atoms with Gasteiger partial charge < -0.3 is 5.32 Å². The van der Waals surface area contributed by atoms with Crippen molar-refractivity contribution in [2.75, 3.05) is 5.32 Å². The Kier molecular flexibility index (Phi) is 5.24. The van der Waals surface area contributed by atoms with Crippen LogP contribution in [0.1, 0.15) is 15.9 Å². The second kappa shape index (κ2) is 7.15. The number of aryl methyl sites for hydroxylation is 1. The number of halogens is 3. The van der Waals surface area contributed by atoms with Crippen molar-refractivity contribution in [2.45, 2.75) is 6.92 Å². The molecule has 0 aromatic heterocycles. The molecule has 23 heavy (non-hydrogen) atoms. The lowest BCUT2D eigenvalue weighted by molar-refractivity contribution is -0.111. The maximum absolute atomic E-state index is 13.1. The number of rotatable bonds is 4. The summed E-state index contributed by atoms with van der Waals surface area (Å²) in [5, 5.41) is 3.05. The highest BCUT2D eigenvalue weighted by Gasteiger charge is 2.08. The lowest BCUT2D eigenvalue weighted by Crippen LogP contribution is -2.09. The zero-order valence-corrected chi connectivity index (χ0v) is 12.8. The normalized spacial score (nSPS) is 10.8. The number of hydrogen-bond acceptors (Lipinski definition) is 2. The molecule has 0 spiro atoms. The molecule has 2 aromatic carbocycles. The molecule has 0 aliphatic carbocycles. The summed E-state index contributed by atoms with van der Waals surface area (Å²) >= 11 is 5.94. The van der Waals surface area contributed by atoms with Crippen LogP contribution in [0.4, 0.5) is 14.5 Å². The van der Waals surface area contributed by atoms with E-state index >= 15 is 0 Å². The number of carbonyl (C=O) groups excluding carboxylic acids is 2. The predicted molar refractivity (Wildman–Crippen MR) is 84.6 cm³/mol. The number of amides is 1. The van der Waals surface area contributed by atoms with E-state index in [-0.39, 0.29) is 5.56 Å². The Balaban J connectivity index is 2.03. The summed E-state index contributed by atoms with van der Waals surface area (Å²) in [6.07, 6.45) is 2.00. The molecule has 0 saturated heterocycles. The van der Waals surface area contributed by atoms with Gasteiger partial charge in [0.15, 0.2) is 17.4 Å². The molecule has 0 saturated carbocycles. The van der Waals surface area contributed by atoms with Crippen LogP contribution in [0.3, 0.4) is 0 Å². The van der Waals surface area contributed by atoms with Gasteiger partial charge in [-0.1, -0.05) is 17.7 Å². The molecular weight excluding hydrogens is 324 g/mol. The van der Waals surface area contributed by atoms with Crippen LogP contribution in [0, 0.1) is 18.6 Å². The minimum Gasteiger partial charge on any atom is -0.322 e. The molecule has 6 heteroatoms. The number of carbonyl (C=O) groups is 2. The van der Waals surface area contributed by atoms with Gasteiger partial charge in [0.1, 0.15) is 0 Å². The van der Waals surface area contributed by atoms with Crippen LogP contribution in [0.25, 0.3) is 0 Å². The molecule has 0 heterocycles. The van der Waals surface area contributed by atoms with Gasteiger partial charge in [-0.25, -0.2) is 8.78 Å². The SMILES string of the molecule is Cc1ccc(NC(=O)/C=C/C(=O)c2ccc(F)c(F)c2)cc1Cl. The number of nitrogens with one attached hydrogen (secondary N) is 1. The van der Waals surface area contributed by atoms with E-state index in [1.165, 1.54) is 0 Å². The molecule has 0 radical (unpaired) electrons. The van der Waals surface area contributed by atoms with Gasteiger partial charge in [-0.3, -0.25) is 9.59 Å². The van der Waals surface area contributed by atoms with Crippen molar-refractivity contribution >= 4 is 29.0 Å². The minimum atomic E-state index is -1.12. The van der Waals surface area contributed by atoms with Crippen LogP contribution in [-0.4, -0.2) is 11.7 Å². The minimum absolute atomic E-state index is 0.0497. The molecule has 0 fully saturated rings. The smallest absolute Gasteiger partial charge is 0.248 e. The summed E-state index contributed by atoms with van der Waals surface area (Å²) in [7, 11) is 0. The Bertz CT molecular complexity index is 803. The molecule has 3 nitrogen and oxygen atoms in total. The highest BCUT2D eigenvalue weighted by atomic mass is 35.5. The summed E-state index contributed by atoms with van der Waals surface area (Å²) in [6, 6.07) is 7.77. The van der Waals surface area contributed by atoms with Gasteiger partial charge in [0.05, 0.1) is 0 Å². The Labute approximate surface area is 136 Å². The van der Waals surface area contributed by atoms with Crippen molar-refractivity contribution in [3.05, 3.63) is 76.3 Å². The molecule has 2 rings (SSSR count). The highest BCUT2D eigenvalue weighted by molar-refractivity contribution is 6.31. The molecule has 0 unspecified atom stereocenters. The van der Waals surface area contributed by atoms with E-state index in [1.54, 1.807) is 18.2 Å². The fourth-order valence-electron chi connectivity index (χ4n) is 1.75. The Hall–Kier alpha value is -2.53. The van der Waals surface area contributed by atoms with Crippen molar-refractivity contribution in [1.29, 1.82) is 0 Å². The second-order valence-electron chi connectivity index (χ2n) is 4.78. The molecule has 0 atom stereocenters. The van der Waals surface area contributed by atoms with E-state index in [4.69, 9.17) is 11.6 Å². The van der Waals surface area contributed by atoms with Crippen molar-refractivity contribution in [1.82, 2.24) is 0 Å². The Morgan fingerprint density at radius 3 is 2.43 bits per heavy atom. The van der Waals surface area contributed by atoms with E-state index < -0.39 is 23.3 Å². The molecule has 0 bridgehead atoms. The fraction of sp³-hybridized carbons (Fsp3) is 0.0588. The second-order valence-corrected chi connectivity index (χ2v) is 5.19. The average Bonchev–Trinajstić information content (AvgIpc) is 2.51.